The van der Waals surface area contributed by atoms with Gasteiger partial charge in [0.25, 0.3) is 11.6 Å². The van der Waals surface area contributed by atoms with Crippen molar-refractivity contribution in [2.24, 2.45) is 5.92 Å². The molecule has 23 heavy (non-hydrogen) atoms. The number of aliphatic carboxylic acids is 1. The number of pyridine rings is 1. The Kier molecular flexibility index (Phi) is 3.79. The van der Waals surface area contributed by atoms with E-state index >= 15 is 0 Å². The van der Waals surface area contributed by atoms with E-state index in [4.69, 9.17) is 4.52 Å². The van der Waals surface area contributed by atoms with Crippen LogP contribution in [0.5, 0.6) is 0 Å². The van der Waals surface area contributed by atoms with Crippen LogP contribution in [0.2, 0.25) is 0 Å². The Bertz CT molecular complexity index is 777. The monoisotopic (exact) mass is 317 g/mol. The van der Waals surface area contributed by atoms with Crippen molar-refractivity contribution in [3.05, 3.63) is 23.0 Å². The minimum Gasteiger partial charge on any atom is -0.480 e. The zero-order valence-electron chi connectivity index (χ0n) is 13.3. The van der Waals surface area contributed by atoms with Gasteiger partial charge in [-0.05, 0) is 31.7 Å². The number of aromatic nitrogens is 2. The molecule has 0 aliphatic heterocycles. The molecule has 122 valence electrons. The number of hydrogen-bond donors (Lipinski definition) is 2. The molecule has 3 rings (SSSR count). The highest BCUT2D eigenvalue weighted by molar-refractivity contribution is 6.07. The Balaban J connectivity index is 2.01. The minimum atomic E-state index is -1.05. The Hall–Kier alpha value is -2.44. The lowest BCUT2D eigenvalue weighted by molar-refractivity contribution is -0.140. The van der Waals surface area contributed by atoms with E-state index in [1.165, 1.54) is 0 Å². The van der Waals surface area contributed by atoms with Crippen LogP contribution in [0.25, 0.3) is 11.1 Å². The molecule has 1 unspecified atom stereocenters. The number of fused-ring (bicyclic) bond motifs is 1. The van der Waals surface area contributed by atoms with Gasteiger partial charge in [-0.25, -0.2) is 9.78 Å². The molecular weight excluding hydrogens is 298 g/mol. The summed E-state index contributed by atoms with van der Waals surface area (Å²) in [7, 11) is 0. The molecule has 1 fully saturated rings. The SMILES string of the molecule is Cc1noc2nc(C3CC3)cc(C(=O)NC(C(=O)O)C(C)C)c12. The van der Waals surface area contributed by atoms with Crippen LogP contribution >= 0.6 is 0 Å². The summed E-state index contributed by atoms with van der Waals surface area (Å²) in [5.74, 6) is -1.37. The highest BCUT2D eigenvalue weighted by Gasteiger charge is 2.30. The van der Waals surface area contributed by atoms with Crippen molar-refractivity contribution in [1.82, 2.24) is 15.5 Å². The fourth-order valence-corrected chi connectivity index (χ4v) is 2.61. The summed E-state index contributed by atoms with van der Waals surface area (Å²) >= 11 is 0. The van der Waals surface area contributed by atoms with E-state index in [0.717, 1.165) is 18.5 Å². The van der Waals surface area contributed by atoms with E-state index in [0.29, 0.717) is 28.3 Å². The van der Waals surface area contributed by atoms with Crippen LogP contribution in [0.1, 0.15) is 54.4 Å². The van der Waals surface area contributed by atoms with Gasteiger partial charge in [0.2, 0.25) is 0 Å². The third kappa shape index (κ3) is 2.91. The van der Waals surface area contributed by atoms with Gasteiger partial charge in [-0.1, -0.05) is 19.0 Å². The lowest BCUT2D eigenvalue weighted by atomic mass is 10.0. The Morgan fingerprint density at radius 2 is 2.09 bits per heavy atom. The normalized spacial score (nSPS) is 15.8. The molecule has 2 N–H and O–H groups in total. The van der Waals surface area contributed by atoms with E-state index in [2.05, 4.69) is 15.5 Å². The minimum absolute atomic E-state index is 0.222. The topological polar surface area (TPSA) is 105 Å². The number of amides is 1. The smallest absolute Gasteiger partial charge is 0.326 e. The lowest BCUT2D eigenvalue weighted by Gasteiger charge is -2.18. The Morgan fingerprint density at radius 3 is 2.65 bits per heavy atom. The number of rotatable bonds is 5. The molecule has 0 bridgehead atoms. The maximum Gasteiger partial charge on any atom is 0.326 e. The first kappa shape index (κ1) is 15.5. The van der Waals surface area contributed by atoms with E-state index in [9.17, 15) is 14.7 Å². The summed E-state index contributed by atoms with van der Waals surface area (Å²) in [4.78, 5) is 28.4. The highest BCUT2D eigenvalue weighted by Crippen LogP contribution is 2.40. The van der Waals surface area contributed by atoms with E-state index in [-0.39, 0.29) is 5.92 Å². The molecule has 7 heteroatoms. The van der Waals surface area contributed by atoms with Gasteiger partial charge in [0.05, 0.1) is 16.6 Å². The number of nitrogens with zero attached hydrogens (tertiary/aromatic N) is 2. The van der Waals surface area contributed by atoms with Crippen molar-refractivity contribution in [2.75, 3.05) is 0 Å². The molecular formula is C16H19N3O4. The predicted molar refractivity (Wildman–Crippen MR) is 82.2 cm³/mol. The standard InChI is InChI=1S/C16H19N3O4/c1-7(2)13(16(21)22)18-14(20)10-6-11(9-4-5-9)17-15-12(10)8(3)19-23-15/h6-7,9,13H,4-5H2,1-3H3,(H,18,20)(H,21,22). The second-order valence-electron chi connectivity index (χ2n) is 6.35. The Morgan fingerprint density at radius 1 is 1.39 bits per heavy atom. The first-order valence-electron chi connectivity index (χ1n) is 7.69. The third-order valence-electron chi connectivity index (χ3n) is 4.10. The molecule has 0 radical (unpaired) electrons. The van der Waals surface area contributed by atoms with Gasteiger partial charge in [0, 0.05) is 11.6 Å². The molecule has 7 nitrogen and oxygen atoms in total. The quantitative estimate of drug-likeness (QED) is 0.876. The van der Waals surface area contributed by atoms with Gasteiger partial charge in [0.1, 0.15) is 6.04 Å². The summed E-state index contributed by atoms with van der Waals surface area (Å²) in [6.45, 7) is 5.24. The predicted octanol–water partition coefficient (Wildman–Crippen LogP) is 2.25. The molecule has 2 heterocycles. The number of nitrogens with one attached hydrogen (secondary N) is 1. The number of carbonyl (C=O) groups excluding carboxylic acids is 1. The van der Waals surface area contributed by atoms with Crippen molar-refractivity contribution in [2.45, 2.75) is 45.6 Å². The van der Waals surface area contributed by atoms with E-state index in [1.807, 2.05) is 0 Å². The summed E-state index contributed by atoms with van der Waals surface area (Å²) in [5, 5.41) is 16.3. The second kappa shape index (κ2) is 5.64. The largest absolute Gasteiger partial charge is 0.480 e. The van der Waals surface area contributed by atoms with Crippen molar-refractivity contribution in [1.29, 1.82) is 0 Å². The van der Waals surface area contributed by atoms with Crippen LogP contribution in [-0.4, -0.2) is 33.2 Å². The molecule has 1 aliphatic rings. The van der Waals surface area contributed by atoms with Crippen LogP contribution in [0.4, 0.5) is 0 Å². The van der Waals surface area contributed by atoms with Crippen LogP contribution in [0.3, 0.4) is 0 Å². The van der Waals surface area contributed by atoms with Gasteiger partial charge < -0.3 is 14.9 Å². The van der Waals surface area contributed by atoms with Crippen LogP contribution in [0, 0.1) is 12.8 Å². The van der Waals surface area contributed by atoms with Crippen molar-refractivity contribution >= 4 is 23.0 Å². The molecule has 1 atom stereocenters. The maximum absolute atomic E-state index is 12.7. The molecule has 0 saturated heterocycles. The number of carbonyl (C=O) groups is 2. The number of hydrogen-bond acceptors (Lipinski definition) is 5. The highest BCUT2D eigenvalue weighted by atomic mass is 16.5. The van der Waals surface area contributed by atoms with E-state index in [1.54, 1.807) is 26.8 Å². The van der Waals surface area contributed by atoms with Crippen molar-refractivity contribution in [3.63, 3.8) is 0 Å². The van der Waals surface area contributed by atoms with Gasteiger partial charge in [-0.15, -0.1) is 0 Å². The van der Waals surface area contributed by atoms with Gasteiger partial charge in [-0.2, -0.15) is 0 Å². The zero-order chi connectivity index (χ0) is 16.7. The molecule has 1 aliphatic carbocycles. The number of carboxylic acid groups (broad SMARTS) is 1. The average molecular weight is 317 g/mol. The van der Waals surface area contributed by atoms with Crippen molar-refractivity contribution < 1.29 is 19.2 Å². The van der Waals surface area contributed by atoms with Gasteiger partial charge in [0.15, 0.2) is 0 Å². The summed E-state index contributed by atoms with van der Waals surface area (Å²) in [6.07, 6.45) is 2.08. The fraction of sp³-hybridized carbons (Fsp3) is 0.500. The molecule has 1 saturated carbocycles. The van der Waals surface area contributed by atoms with Crippen molar-refractivity contribution in [3.8, 4) is 0 Å². The van der Waals surface area contributed by atoms with Gasteiger partial charge >= 0.3 is 5.97 Å². The molecule has 0 spiro atoms. The number of carboxylic acids is 1. The molecule has 0 aromatic carbocycles. The molecule has 2 aromatic rings. The average Bonchev–Trinajstić information content (AvgIpc) is 3.27. The summed E-state index contributed by atoms with van der Waals surface area (Å²) < 4.78 is 5.20. The Labute approximate surface area is 133 Å². The third-order valence-corrected chi connectivity index (χ3v) is 4.10. The van der Waals surface area contributed by atoms with Crippen LogP contribution in [-0.2, 0) is 4.79 Å². The first-order chi connectivity index (χ1) is 10.9. The second-order valence-corrected chi connectivity index (χ2v) is 6.35. The van der Waals surface area contributed by atoms with Crippen LogP contribution in [0.15, 0.2) is 10.6 Å². The molecule has 1 amide bonds. The first-order valence-corrected chi connectivity index (χ1v) is 7.69. The lowest BCUT2D eigenvalue weighted by Crippen LogP contribution is -2.44. The summed E-state index contributed by atoms with van der Waals surface area (Å²) in [6, 6.07) is 0.786. The fourth-order valence-electron chi connectivity index (χ4n) is 2.61. The summed E-state index contributed by atoms with van der Waals surface area (Å²) in [5.41, 5.74) is 2.07. The molecule has 2 aromatic heterocycles. The maximum atomic E-state index is 12.7. The number of aryl methyl sites for hydroxylation is 1. The van der Waals surface area contributed by atoms with Gasteiger partial charge in [-0.3, -0.25) is 4.79 Å². The van der Waals surface area contributed by atoms with E-state index < -0.39 is 17.9 Å². The van der Waals surface area contributed by atoms with Crippen LogP contribution < -0.4 is 5.32 Å². The zero-order valence-corrected chi connectivity index (χ0v) is 13.3.